The van der Waals surface area contributed by atoms with Crippen LogP contribution in [-0.2, 0) is 0 Å². The topological polar surface area (TPSA) is 43.5 Å². The summed E-state index contributed by atoms with van der Waals surface area (Å²) in [5.41, 5.74) is 0.383. The summed E-state index contributed by atoms with van der Waals surface area (Å²) in [6.45, 7) is 10.6. The fourth-order valence-electron chi connectivity index (χ4n) is 0.942. The Hall–Kier alpha value is -1.60. The lowest BCUT2D eigenvalue weighted by Crippen LogP contribution is -2.07. The van der Waals surface area contributed by atoms with Gasteiger partial charge in [-0.3, -0.25) is 4.79 Å². The Balaban J connectivity index is 3.11. The van der Waals surface area contributed by atoms with Crippen molar-refractivity contribution in [2.45, 2.75) is 20.0 Å². The third-order valence-electron chi connectivity index (χ3n) is 1.53. The molecule has 1 aromatic rings. The molecule has 0 saturated carbocycles. The highest BCUT2D eigenvalue weighted by molar-refractivity contribution is 6.67. The van der Waals surface area contributed by atoms with Crippen LogP contribution in [0.3, 0.4) is 0 Å². The summed E-state index contributed by atoms with van der Waals surface area (Å²) in [6, 6.07) is 1.37. The van der Waals surface area contributed by atoms with E-state index >= 15 is 0 Å². The Morgan fingerprint density at radius 3 is 2.80 bits per heavy atom. The first-order valence-corrected chi connectivity index (χ1v) is 4.66. The maximum absolute atomic E-state index is 10.8. The van der Waals surface area contributed by atoms with Crippen molar-refractivity contribution < 1.29 is 9.53 Å². The largest absolute Gasteiger partial charge is 0.484 e. The average molecular weight is 225 g/mol. The highest BCUT2D eigenvalue weighted by atomic mass is 35.5. The summed E-state index contributed by atoms with van der Waals surface area (Å²) >= 11 is 5.27. The molecule has 4 nitrogen and oxygen atoms in total. The average Bonchev–Trinajstić information content (AvgIpc) is 2.17. The lowest BCUT2D eigenvalue weighted by atomic mass is 10.3. The number of ether oxygens (including phenoxy) is 1. The van der Waals surface area contributed by atoms with Gasteiger partial charge < -0.3 is 4.74 Å². The molecule has 5 heteroatoms. The van der Waals surface area contributed by atoms with Gasteiger partial charge in [-0.2, -0.15) is 0 Å². The third-order valence-corrected chi connectivity index (χ3v) is 1.75. The minimum Gasteiger partial charge on any atom is -0.484 e. The maximum Gasteiger partial charge on any atom is 0.252 e. The third kappa shape index (κ3) is 2.93. The lowest BCUT2D eigenvalue weighted by molar-refractivity contribution is 0.108. The molecule has 0 aliphatic heterocycles. The number of hydrogen-bond acceptors (Lipinski definition) is 3. The molecule has 0 aliphatic rings. The molecule has 78 valence electrons. The summed E-state index contributed by atoms with van der Waals surface area (Å²) in [5.74, 6) is 0.224. The maximum atomic E-state index is 10.8. The predicted molar refractivity (Wildman–Crippen MR) is 56.4 cm³/mol. The Kier molecular flexibility index (Phi) is 3.64. The quantitative estimate of drug-likeness (QED) is 0.586. The van der Waals surface area contributed by atoms with Gasteiger partial charge in [-0.15, -0.1) is 0 Å². The van der Waals surface area contributed by atoms with Crippen LogP contribution in [0.25, 0.3) is 4.85 Å². The molecule has 0 radical (unpaired) electrons. The first kappa shape index (κ1) is 11.5. The molecule has 15 heavy (non-hydrogen) atoms. The van der Waals surface area contributed by atoms with Gasteiger partial charge in [-0.05, 0) is 31.5 Å². The minimum absolute atomic E-state index is 0.0736. The molecule has 0 N–H and O–H groups in total. The molecule has 1 heterocycles. The van der Waals surface area contributed by atoms with E-state index in [1.807, 2.05) is 13.8 Å². The van der Waals surface area contributed by atoms with Crippen LogP contribution in [0.1, 0.15) is 24.2 Å². The number of aromatic nitrogens is 1. The molecular formula is C10H9ClN2O2. The van der Waals surface area contributed by atoms with Gasteiger partial charge in [0.1, 0.15) is 0 Å². The zero-order valence-corrected chi connectivity index (χ0v) is 9.08. The van der Waals surface area contributed by atoms with Crippen molar-refractivity contribution in [3.63, 3.8) is 0 Å². The van der Waals surface area contributed by atoms with Crippen LogP contribution >= 0.6 is 11.6 Å². The van der Waals surface area contributed by atoms with Crippen LogP contribution in [0.4, 0.5) is 5.69 Å². The van der Waals surface area contributed by atoms with Gasteiger partial charge in [0.25, 0.3) is 5.24 Å². The van der Waals surface area contributed by atoms with Crippen molar-refractivity contribution in [2.24, 2.45) is 0 Å². The monoisotopic (exact) mass is 224 g/mol. The van der Waals surface area contributed by atoms with Crippen LogP contribution < -0.4 is 4.74 Å². The van der Waals surface area contributed by atoms with Gasteiger partial charge in [0.2, 0.25) is 11.6 Å². The van der Waals surface area contributed by atoms with E-state index < -0.39 is 5.24 Å². The molecule has 0 atom stereocenters. The molecule has 0 amide bonds. The van der Waals surface area contributed by atoms with Crippen LogP contribution in [0.15, 0.2) is 12.3 Å². The first-order valence-electron chi connectivity index (χ1n) is 4.28. The Bertz CT molecular complexity index is 424. The van der Waals surface area contributed by atoms with E-state index in [4.69, 9.17) is 22.9 Å². The number of nitrogens with zero attached hydrogens (tertiary/aromatic N) is 2. The molecule has 0 aromatic carbocycles. The number of carbonyl (C=O) groups excluding carboxylic acids is 1. The van der Waals surface area contributed by atoms with Crippen molar-refractivity contribution >= 4 is 22.5 Å². The van der Waals surface area contributed by atoms with Crippen molar-refractivity contribution in [1.82, 2.24) is 4.98 Å². The van der Waals surface area contributed by atoms with E-state index in [0.717, 1.165) is 0 Å². The molecule has 0 saturated heterocycles. The highest BCUT2D eigenvalue weighted by Gasteiger charge is 2.11. The van der Waals surface area contributed by atoms with Gasteiger partial charge in [-0.1, -0.05) is 0 Å². The highest BCUT2D eigenvalue weighted by Crippen LogP contribution is 2.27. The van der Waals surface area contributed by atoms with Crippen LogP contribution in [0, 0.1) is 6.57 Å². The second-order valence-corrected chi connectivity index (χ2v) is 3.44. The number of pyridine rings is 1. The van der Waals surface area contributed by atoms with Gasteiger partial charge in [0.05, 0.1) is 12.7 Å². The number of hydrogen-bond donors (Lipinski definition) is 0. The molecule has 1 aromatic heterocycles. The molecule has 0 fully saturated rings. The minimum atomic E-state index is -0.636. The second kappa shape index (κ2) is 4.76. The number of rotatable bonds is 3. The zero-order valence-electron chi connectivity index (χ0n) is 8.32. The number of halogens is 1. The zero-order chi connectivity index (χ0) is 11.4. The van der Waals surface area contributed by atoms with Crippen molar-refractivity contribution in [3.05, 3.63) is 29.2 Å². The van der Waals surface area contributed by atoms with E-state index in [2.05, 4.69) is 9.83 Å². The SMILES string of the molecule is [C-]#[N+]c1cc(C(=O)Cl)cnc1OC(C)C. The Morgan fingerprint density at radius 2 is 2.33 bits per heavy atom. The fraction of sp³-hybridized carbons (Fsp3) is 0.300. The standard InChI is InChI=1S/C10H9ClN2O2/c1-6(2)15-10-8(12-3)4-7(5-13-10)9(11)14/h4-6H,1-2H3. The summed E-state index contributed by atoms with van der Waals surface area (Å²) in [5, 5.41) is -0.636. The van der Waals surface area contributed by atoms with Gasteiger partial charge in [-0.25, -0.2) is 9.83 Å². The van der Waals surface area contributed by atoms with Crippen molar-refractivity contribution in [3.8, 4) is 5.88 Å². The number of carbonyl (C=O) groups is 1. The van der Waals surface area contributed by atoms with Gasteiger partial charge in [0.15, 0.2) is 0 Å². The molecule has 0 unspecified atom stereocenters. The molecular weight excluding hydrogens is 216 g/mol. The molecule has 0 bridgehead atoms. The van der Waals surface area contributed by atoms with E-state index in [0.29, 0.717) is 0 Å². The molecule has 0 spiro atoms. The second-order valence-electron chi connectivity index (χ2n) is 3.10. The predicted octanol–water partition coefficient (Wildman–Crippen LogP) is 2.80. The van der Waals surface area contributed by atoms with Crippen LogP contribution in [0.5, 0.6) is 5.88 Å². The van der Waals surface area contributed by atoms with E-state index in [1.165, 1.54) is 12.3 Å². The van der Waals surface area contributed by atoms with Crippen molar-refractivity contribution in [1.29, 1.82) is 0 Å². The summed E-state index contributed by atoms with van der Waals surface area (Å²) in [4.78, 5) is 17.9. The summed E-state index contributed by atoms with van der Waals surface area (Å²) in [7, 11) is 0. The Morgan fingerprint density at radius 1 is 1.67 bits per heavy atom. The molecule has 1 rings (SSSR count). The van der Waals surface area contributed by atoms with Gasteiger partial charge in [0, 0.05) is 11.8 Å². The molecule has 0 aliphatic carbocycles. The summed E-state index contributed by atoms with van der Waals surface area (Å²) < 4.78 is 5.29. The smallest absolute Gasteiger partial charge is 0.252 e. The van der Waals surface area contributed by atoms with E-state index in [1.54, 1.807) is 0 Å². The van der Waals surface area contributed by atoms with E-state index in [-0.39, 0.29) is 23.2 Å². The fourth-order valence-corrected chi connectivity index (χ4v) is 1.05. The Labute approximate surface area is 92.7 Å². The normalized spacial score (nSPS) is 9.80. The first-order chi connectivity index (χ1) is 7.04. The van der Waals surface area contributed by atoms with Gasteiger partial charge >= 0.3 is 0 Å². The summed E-state index contributed by atoms with van der Waals surface area (Å²) in [6.07, 6.45) is 1.22. The van der Waals surface area contributed by atoms with E-state index in [9.17, 15) is 4.79 Å². The van der Waals surface area contributed by atoms with Crippen LogP contribution in [-0.4, -0.2) is 16.3 Å². The van der Waals surface area contributed by atoms with Crippen LogP contribution in [0.2, 0.25) is 0 Å². The lowest BCUT2D eigenvalue weighted by Gasteiger charge is -2.10. The van der Waals surface area contributed by atoms with Crippen molar-refractivity contribution in [2.75, 3.05) is 0 Å².